The standard InChI is InChI=1S/C16H13N3O2/c1-2-5-13(6-3-1)10-18-20-12-15-9-16(19-21-15)14-7-4-8-17-11-14/h1-11H,12H2. The SMILES string of the molecule is C(=NOCc1cc(-c2cccnc2)no1)c1ccccc1. The first kappa shape index (κ1) is 13.1. The minimum Gasteiger partial charge on any atom is -0.387 e. The second-order valence-electron chi connectivity index (χ2n) is 4.34. The van der Waals surface area contributed by atoms with E-state index >= 15 is 0 Å². The molecule has 3 rings (SSSR count). The lowest BCUT2D eigenvalue weighted by Gasteiger charge is -1.94. The van der Waals surface area contributed by atoms with Gasteiger partial charge in [0, 0.05) is 24.0 Å². The number of benzene rings is 1. The summed E-state index contributed by atoms with van der Waals surface area (Å²) in [6, 6.07) is 15.3. The van der Waals surface area contributed by atoms with Crippen LogP contribution in [0.25, 0.3) is 11.3 Å². The molecule has 0 atom stereocenters. The maximum atomic E-state index is 5.19. The third-order valence-electron chi connectivity index (χ3n) is 2.80. The van der Waals surface area contributed by atoms with Crippen LogP contribution in [0.15, 0.2) is 70.6 Å². The summed E-state index contributed by atoms with van der Waals surface area (Å²) in [5, 5.41) is 7.87. The lowest BCUT2D eigenvalue weighted by Crippen LogP contribution is -1.86. The summed E-state index contributed by atoms with van der Waals surface area (Å²) in [5.74, 6) is 0.610. The summed E-state index contributed by atoms with van der Waals surface area (Å²) in [4.78, 5) is 9.24. The molecule has 2 aromatic heterocycles. The molecular formula is C16H13N3O2. The minimum absolute atomic E-state index is 0.233. The Morgan fingerprint density at radius 1 is 1.14 bits per heavy atom. The van der Waals surface area contributed by atoms with Crippen molar-refractivity contribution in [2.45, 2.75) is 6.61 Å². The Hall–Kier alpha value is -2.95. The highest BCUT2D eigenvalue weighted by Crippen LogP contribution is 2.17. The molecule has 3 aromatic rings. The highest BCUT2D eigenvalue weighted by atomic mass is 16.6. The molecule has 1 aromatic carbocycles. The Balaban J connectivity index is 1.57. The topological polar surface area (TPSA) is 60.5 Å². The number of rotatable bonds is 5. The fourth-order valence-electron chi connectivity index (χ4n) is 1.77. The van der Waals surface area contributed by atoms with Crippen LogP contribution in [0.5, 0.6) is 0 Å². The first-order valence-electron chi connectivity index (χ1n) is 6.48. The van der Waals surface area contributed by atoms with E-state index in [1.54, 1.807) is 18.6 Å². The molecule has 0 radical (unpaired) electrons. The highest BCUT2D eigenvalue weighted by molar-refractivity contribution is 5.78. The monoisotopic (exact) mass is 279 g/mol. The van der Waals surface area contributed by atoms with Gasteiger partial charge in [0.25, 0.3) is 0 Å². The molecular weight excluding hydrogens is 266 g/mol. The Morgan fingerprint density at radius 3 is 2.86 bits per heavy atom. The van der Waals surface area contributed by atoms with Crippen molar-refractivity contribution in [3.63, 3.8) is 0 Å². The van der Waals surface area contributed by atoms with Gasteiger partial charge in [-0.05, 0) is 17.7 Å². The number of pyridine rings is 1. The first-order valence-corrected chi connectivity index (χ1v) is 6.48. The van der Waals surface area contributed by atoms with Gasteiger partial charge in [0.05, 0.1) is 6.21 Å². The van der Waals surface area contributed by atoms with E-state index in [1.165, 1.54) is 0 Å². The largest absolute Gasteiger partial charge is 0.387 e. The van der Waals surface area contributed by atoms with Gasteiger partial charge in [-0.2, -0.15) is 0 Å². The molecule has 0 amide bonds. The summed E-state index contributed by atoms with van der Waals surface area (Å²) in [6.45, 7) is 0.233. The van der Waals surface area contributed by atoms with E-state index in [1.807, 2.05) is 48.5 Å². The van der Waals surface area contributed by atoms with Crippen LogP contribution >= 0.6 is 0 Å². The summed E-state index contributed by atoms with van der Waals surface area (Å²) >= 11 is 0. The molecule has 0 saturated heterocycles. The molecule has 0 aliphatic heterocycles. The average Bonchev–Trinajstić information content (AvgIpc) is 3.02. The normalized spacial score (nSPS) is 10.9. The van der Waals surface area contributed by atoms with E-state index in [-0.39, 0.29) is 6.61 Å². The number of hydrogen-bond acceptors (Lipinski definition) is 5. The van der Waals surface area contributed by atoms with Crippen molar-refractivity contribution < 1.29 is 9.36 Å². The molecule has 2 heterocycles. The Labute approximate surface area is 121 Å². The highest BCUT2D eigenvalue weighted by Gasteiger charge is 2.06. The molecule has 0 saturated carbocycles. The molecule has 0 unspecified atom stereocenters. The molecule has 0 fully saturated rings. The lowest BCUT2D eigenvalue weighted by molar-refractivity contribution is 0.110. The molecule has 0 N–H and O–H groups in total. The van der Waals surface area contributed by atoms with Gasteiger partial charge in [-0.1, -0.05) is 40.6 Å². The smallest absolute Gasteiger partial charge is 0.177 e. The second-order valence-corrected chi connectivity index (χ2v) is 4.34. The van der Waals surface area contributed by atoms with Crippen LogP contribution in [0.1, 0.15) is 11.3 Å². The first-order chi connectivity index (χ1) is 10.4. The summed E-state index contributed by atoms with van der Waals surface area (Å²) < 4.78 is 5.19. The van der Waals surface area contributed by atoms with E-state index in [0.717, 1.165) is 16.8 Å². The van der Waals surface area contributed by atoms with Crippen LogP contribution in [-0.2, 0) is 11.4 Å². The molecule has 5 heteroatoms. The second kappa shape index (κ2) is 6.47. The molecule has 0 bridgehead atoms. The molecule has 5 nitrogen and oxygen atoms in total. The van der Waals surface area contributed by atoms with Crippen molar-refractivity contribution in [3.8, 4) is 11.3 Å². The van der Waals surface area contributed by atoms with E-state index in [4.69, 9.17) is 9.36 Å². The summed E-state index contributed by atoms with van der Waals surface area (Å²) in [6.07, 6.45) is 5.10. The quantitative estimate of drug-likeness (QED) is 0.531. The van der Waals surface area contributed by atoms with Crippen LogP contribution in [0, 0.1) is 0 Å². The predicted octanol–water partition coefficient (Wildman–Crippen LogP) is 3.29. The van der Waals surface area contributed by atoms with E-state index in [9.17, 15) is 0 Å². The van der Waals surface area contributed by atoms with Gasteiger partial charge in [0.15, 0.2) is 12.4 Å². The number of hydrogen-bond donors (Lipinski definition) is 0. The third-order valence-corrected chi connectivity index (χ3v) is 2.80. The van der Waals surface area contributed by atoms with Gasteiger partial charge >= 0.3 is 0 Å². The summed E-state index contributed by atoms with van der Waals surface area (Å²) in [7, 11) is 0. The van der Waals surface area contributed by atoms with Crippen LogP contribution in [0.4, 0.5) is 0 Å². The number of oxime groups is 1. The fourth-order valence-corrected chi connectivity index (χ4v) is 1.77. The lowest BCUT2D eigenvalue weighted by atomic mass is 10.2. The van der Waals surface area contributed by atoms with Gasteiger partial charge in [-0.25, -0.2) is 0 Å². The maximum absolute atomic E-state index is 5.19. The Kier molecular flexibility index (Phi) is 4.02. The Morgan fingerprint density at radius 2 is 2.05 bits per heavy atom. The molecule has 104 valence electrons. The number of nitrogens with zero attached hydrogens (tertiary/aromatic N) is 3. The molecule has 21 heavy (non-hydrogen) atoms. The fraction of sp³-hybridized carbons (Fsp3) is 0.0625. The van der Waals surface area contributed by atoms with Gasteiger partial charge < -0.3 is 9.36 Å². The zero-order chi connectivity index (χ0) is 14.3. The average molecular weight is 279 g/mol. The summed E-state index contributed by atoms with van der Waals surface area (Å²) in [5.41, 5.74) is 2.61. The molecule has 0 spiro atoms. The van der Waals surface area contributed by atoms with Gasteiger partial charge in [0.1, 0.15) is 5.69 Å². The van der Waals surface area contributed by atoms with Gasteiger partial charge in [-0.3, -0.25) is 4.98 Å². The van der Waals surface area contributed by atoms with Crippen molar-refractivity contribution in [2.75, 3.05) is 0 Å². The van der Waals surface area contributed by atoms with Gasteiger partial charge in [-0.15, -0.1) is 0 Å². The van der Waals surface area contributed by atoms with E-state index < -0.39 is 0 Å². The van der Waals surface area contributed by atoms with Crippen molar-refractivity contribution in [3.05, 3.63) is 72.2 Å². The van der Waals surface area contributed by atoms with Crippen LogP contribution in [0.3, 0.4) is 0 Å². The predicted molar refractivity (Wildman–Crippen MR) is 78.6 cm³/mol. The van der Waals surface area contributed by atoms with E-state index in [2.05, 4.69) is 15.3 Å². The zero-order valence-corrected chi connectivity index (χ0v) is 11.2. The molecule has 0 aliphatic carbocycles. The van der Waals surface area contributed by atoms with Gasteiger partial charge in [0.2, 0.25) is 0 Å². The third kappa shape index (κ3) is 3.54. The van der Waals surface area contributed by atoms with Crippen molar-refractivity contribution in [2.24, 2.45) is 5.16 Å². The Bertz CT molecular complexity index is 709. The van der Waals surface area contributed by atoms with Crippen LogP contribution < -0.4 is 0 Å². The van der Waals surface area contributed by atoms with Crippen molar-refractivity contribution >= 4 is 6.21 Å². The van der Waals surface area contributed by atoms with Crippen LogP contribution in [0.2, 0.25) is 0 Å². The van der Waals surface area contributed by atoms with Crippen LogP contribution in [-0.4, -0.2) is 16.4 Å². The maximum Gasteiger partial charge on any atom is 0.177 e. The molecule has 0 aliphatic rings. The zero-order valence-electron chi connectivity index (χ0n) is 11.2. The minimum atomic E-state index is 0.233. The van der Waals surface area contributed by atoms with Crippen molar-refractivity contribution in [1.82, 2.24) is 10.1 Å². The van der Waals surface area contributed by atoms with Crippen molar-refractivity contribution in [1.29, 1.82) is 0 Å². The van der Waals surface area contributed by atoms with E-state index in [0.29, 0.717) is 5.76 Å². The number of aromatic nitrogens is 2.